The van der Waals surface area contributed by atoms with Crippen LogP contribution in [0.5, 0.6) is 0 Å². The van der Waals surface area contributed by atoms with Crippen molar-refractivity contribution in [1.82, 2.24) is 10.2 Å². The van der Waals surface area contributed by atoms with E-state index in [9.17, 15) is 0 Å². The minimum Gasteiger partial charge on any atom is -0.311 e. The Morgan fingerprint density at radius 3 is 2.88 bits per heavy atom. The number of hydrogen-bond donors (Lipinski definition) is 1. The summed E-state index contributed by atoms with van der Waals surface area (Å²) >= 11 is 1.98. The van der Waals surface area contributed by atoms with Crippen LogP contribution in [0.25, 0.3) is 0 Å². The second-order valence-corrected chi connectivity index (χ2v) is 6.15. The quantitative estimate of drug-likeness (QED) is 0.867. The number of rotatable bonds is 5. The molecular formula is C14H24N2S. The summed E-state index contributed by atoms with van der Waals surface area (Å²) < 4.78 is 0. The highest BCUT2D eigenvalue weighted by Gasteiger charge is 2.18. The van der Waals surface area contributed by atoms with Crippen molar-refractivity contribution < 1.29 is 0 Å². The molecule has 1 fully saturated rings. The Kier molecular flexibility index (Phi) is 5.01. The van der Waals surface area contributed by atoms with Crippen molar-refractivity contribution in [2.45, 2.75) is 45.7 Å². The molecule has 2 rings (SSSR count). The van der Waals surface area contributed by atoms with Crippen LogP contribution in [-0.2, 0) is 13.0 Å². The van der Waals surface area contributed by atoms with Crippen molar-refractivity contribution in [2.24, 2.45) is 0 Å². The Balaban J connectivity index is 1.85. The zero-order valence-corrected chi connectivity index (χ0v) is 11.9. The lowest BCUT2D eigenvalue weighted by molar-refractivity contribution is 0.188. The van der Waals surface area contributed by atoms with E-state index in [-0.39, 0.29) is 0 Å². The summed E-state index contributed by atoms with van der Waals surface area (Å²) in [7, 11) is 0. The fraction of sp³-hybridized carbons (Fsp3) is 0.714. The molecule has 0 spiro atoms. The number of hydrogen-bond acceptors (Lipinski definition) is 3. The van der Waals surface area contributed by atoms with Crippen LogP contribution in [0, 0.1) is 0 Å². The summed E-state index contributed by atoms with van der Waals surface area (Å²) in [4.78, 5) is 5.64. The van der Waals surface area contributed by atoms with Gasteiger partial charge in [-0.05, 0) is 25.0 Å². The maximum atomic E-state index is 3.61. The summed E-state index contributed by atoms with van der Waals surface area (Å²) in [5.74, 6) is 0. The van der Waals surface area contributed by atoms with Gasteiger partial charge in [0.25, 0.3) is 0 Å². The van der Waals surface area contributed by atoms with Gasteiger partial charge in [-0.15, -0.1) is 11.3 Å². The van der Waals surface area contributed by atoms with Crippen LogP contribution in [0.15, 0.2) is 12.1 Å². The first-order chi connectivity index (χ1) is 8.31. The first-order valence-corrected chi connectivity index (χ1v) is 7.66. The topological polar surface area (TPSA) is 15.3 Å². The predicted octanol–water partition coefficient (Wildman–Crippen LogP) is 2.88. The minimum atomic E-state index is 0.708. The highest BCUT2D eigenvalue weighted by molar-refractivity contribution is 7.11. The molecule has 17 heavy (non-hydrogen) atoms. The number of piperazine rings is 1. The molecule has 1 N–H and O–H groups in total. The Labute approximate surface area is 109 Å². The third-order valence-electron chi connectivity index (χ3n) is 3.42. The van der Waals surface area contributed by atoms with Gasteiger partial charge in [-0.2, -0.15) is 0 Å². The minimum absolute atomic E-state index is 0.708. The van der Waals surface area contributed by atoms with Crippen molar-refractivity contribution in [1.29, 1.82) is 0 Å². The molecule has 1 saturated heterocycles. The molecule has 0 aromatic carbocycles. The smallest absolute Gasteiger partial charge is 0.0329 e. The molecule has 0 radical (unpaired) electrons. The van der Waals surface area contributed by atoms with Gasteiger partial charge in [0.15, 0.2) is 0 Å². The number of aryl methyl sites for hydroxylation is 1. The Morgan fingerprint density at radius 2 is 2.18 bits per heavy atom. The lowest BCUT2D eigenvalue weighted by atomic mass is 10.1. The summed E-state index contributed by atoms with van der Waals surface area (Å²) in [6, 6.07) is 5.30. The van der Waals surface area contributed by atoms with Crippen molar-refractivity contribution in [3.8, 4) is 0 Å². The molecule has 0 amide bonds. The molecule has 96 valence electrons. The first kappa shape index (κ1) is 13.1. The molecular weight excluding hydrogens is 228 g/mol. The number of thiophene rings is 1. The van der Waals surface area contributed by atoms with E-state index < -0.39 is 0 Å². The van der Waals surface area contributed by atoms with Crippen LogP contribution >= 0.6 is 11.3 Å². The lowest BCUT2D eigenvalue weighted by Crippen LogP contribution is -2.49. The largest absolute Gasteiger partial charge is 0.311 e. The average molecular weight is 252 g/mol. The summed E-state index contributed by atoms with van der Waals surface area (Å²) in [5, 5.41) is 3.61. The van der Waals surface area contributed by atoms with Crippen molar-refractivity contribution >= 4 is 11.3 Å². The zero-order chi connectivity index (χ0) is 12.1. The van der Waals surface area contributed by atoms with Gasteiger partial charge in [0.2, 0.25) is 0 Å². The maximum absolute atomic E-state index is 3.61. The molecule has 1 aromatic rings. The van der Waals surface area contributed by atoms with Gasteiger partial charge < -0.3 is 5.32 Å². The standard InChI is InChI=1S/C14H24N2S/c1-3-5-12-10-16(9-8-15-12)11-14-7-6-13(4-2)17-14/h6-7,12,15H,3-5,8-11H2,1-2H3. The molecule has 3 heteroatoms. The van der Waals surface area contributed by atoms with Crippen molar-refractivity contribution in [3.05, 3.63) is 21.9 Å². The normalized spacial score (nSPS) is 21.9. The lowest BCUT2D eigenvalue weighted by Gasteiger charge is -2.33. The Bertz CT molecular complexity index is 333. The zero-order valence-electron chi connectivity index (χ0n) is 11.0. The van der Waals surface area contributed by atoms with E-state index in [2.05, 4.69) is 36.2 Å². The van der Waals surface area contributed by atoms with Gasteiger partial charge in [-0.3, -0.25) is 4.90 Å². The van der Waals surface area contributed by atoms with E-state index in [0.29, 0.717) is 6.04 Å². The maximum Gasteiger partial charge on any atom is 0.0329 e. The fourth-order valence-corrected chi connectivity index (χ4v) is 3.50. The van der Waals surface area contributed by atoms with Gasteiger partial charge >= 0.3 is 0 Å². The second-order valence-electron chi connectivity index (χ2n) is 4.90. The highest BCUT2D eigenvalue weighted by atomic mass is 32.1. The summed E-state index contributed by atoms with van der Waals surface area (Å²) in [5.41, 5.74) is 0. The third kappa shape index (κ3) is 3.80. The monoisotopic (exact) mass is 252 g/mol. The third-order valence-corrected chi connectivity index (χ3v) is 4.64. The van der Waals surface area contributed by atoms with E-state index in [1.54, 1.807) is 0 Å². The van der Waals surface area contributed by atoms with Gasteiger partial charge in [0, 0.05) is 42.0 Å². The van der Waals surface area contributed by atoms with E-state index in [1.165, 1.54) is 42.1 Å². The van der Waals surface area contributed by atoms with Gasteiger partial charge in [-0.25, -0.2) is 0 Å². The van der Waals surface area contributed by atoms with E-state index in [1.807, 2.05) is 11.3 Å². The molecule has 2 heterocycles. The van der Waals surface area contributed by atoms with Crippen LogP contribution in [0.2, 0.25) is 0 Å². The van der Waals surface area contributed by atoms with E-state index in [0.717, 1.165) is 13.1 Å². The molecule has 0 aliphatic carbocycles. The Hall–Kier alpha value is -0.380. The van der Waals surface area contributed by atoms with Crippen molar-refractivity contribution in [2.75, 3.05) is 19.6 Å². The van der Waals surface area contributed by atoms with Crippen LogP contribution in [0.4, 0.5) is 0 Å². The molecule has 0 bridgehead atoms. The number of nitrogens with one attached hydrogen (secondary N) is 1. The average Bonchev–Trinajstić information content (AvgIpc) is 2.78. The van der Waals surface area contributed by atoms with Crippen LogP contribution in [0.3, 0.4) is 0 Å². The van der Waals surface area contributed by atoms with Gasteiger partial charge in [-0.1, -0.05) is 20.3 Å². The summed E-state index contributed by atoms with van der Waals surface area (Å²) in [6.07, 6.45) is 3.76. The molecule has 1 aliphatic rings. The van der Waals surface area contributed by atoms with Crippen LogP contribution < -0.4 is 5.32 Å². The predicted molar refractivity (Wildman–Crippen MR) is 75.7 cm³/mol. The Morgan fingerprint density at radius 1 is 1.35 bits per heavy atom. The molecule has 1 aromatic heterocycles. The number of nitrogens with zero attached hydrogens (tertiary/aromatic N) is 1. The first-order valence-electron chi connectivity index (χ1n) is 6.85. The van der Waals surface area contributed by atoms with E-state index >= 15 is 0 Å². The SMILES string of the molecule is CCCC1CN(Cc2ccc(CC)s2)CCN1. The second kappa shape index (κ2) is 6.53. The molecule has 0 saturated carbocycles. The van der Waals surface area contributed by atoms with E-state index in [4.69, 9.17) is 0 Å². The van der Waals surface area contributed by atoms with Crippen LogP contribution in [-0.4, -0.2) is 30.6 Å². The fourth-order valence-electron chi connectivity index (χ4n) is 2.50. The molecule has 2 nitrogen and oxygen atoms in total. The molecule has 1 unspecified atom stereocenters. The summed E-state index contributed by atoms with van der Waals surface area (Å²) in [6.45, 7) is 9.21. The van der Waals surface area contributed by atoms with Gasteiger partial charge in [0.1, 0.15) is 0 Å². The van der Waals surface area contributed by atoms with Crippen LogP contribution in [0.1, 0.15) is 36.4 Å². The van der Waals surface area contributed by atoms with Crippen molar-refractivity contribution in [3.63, 3.8) is 0 Å². The molecule has 1 aliphatic heterocycles. The van der Waals surface area contributed by atoms with Gasteiger partial charge in [0.05, 0.1) is 0 Å². The highest BCUT2D eigenvalue weighted by Crippen LogP contribution is 2.19. The molecule has 1 atom stereocenters.